The maximum atomic E-state index is 12.9. The summed E-state index contributed by atoms with van der Waals surface area (Å²) >= 11 is 0. The minimum Gasteiger partial charge on any atom is -0.488 e. The van der Waals surface area contributed by atoms with Crippen molar-refractivity contribution in [3.63, 3.8) is 0 Å². The number of carbonyl (C=O) groups is 1. The molecular weight excluding hydrogens is 408 g/mol. The fourth-order valence-corrected chi connectivity index (χ4v) is 4.19. The standard InChI is InChI=1S/C25H29N2O5/c1-3-31-25(28)23-22(18-7-5-4-6-8-18)20-10-9-19(17-21(20)24(23)26-2)32-16-13-27(29)11-14-30-15-12-27/h4-10,17,29H,3,11-16H2,1-2H3/q+1/b26-24-. The second-order valence-electron chi connectivity index (χ2n) is 7.84. The zero-order chi connectivity index (χ0) is 22.6. The number of hydrogen-bond acceptors (Lipinski definition) is 6. The van der Waals surface area contributed by atoms with Gasteiger partial charge in [-0.05, 0) is 36.2 Å². The van der Waals surface area contributed by atoms with Crippen LogP contribution in [0, 0.1) is 0 Å². The van der Waals surface area contributed by atoms with Crippen molar-refractivity contribution >= 4 is 17.3 Å². The maximum absolute atomic E-state index is 12.9. The van der Waals surface area contributed by atoms with E-state index in [0.29, 0.717) is 56.5 Å². The third-order valence-electron chi connectivity index (χ3n) is 5.85. The molecule has 1 fully saturated rings. The van der Waals surface area contributed by atoms with Crippen LogP contribution in [-0.4, -0.2) is 74.6 Å². The lowest BCUT2D eigenvalue weighted by molar-refractivity contribution is -1.11. The molecule has 32 heavy (non-hydrogen) atoms. The molecule has 0 saturated carbocycles. The van der Waals surface area contributed by atoms with Crippen molar-refractivity contribution in [2.24, 2.45) is 4.99 Å². The van der Waals surface area contributed by atoms with Crippen LogP contribution in [0.1, 0.15) is 23.6 Å². The van der Waals surface area contributed by atoms with Gasteiger partial charge in [-0.3, -0.25) is 4.99 Å². The zero-order valence-electron chi connectivity index (χ0n) is 18.5. The first kappa shape index (κ1) is 22.2. The van der Waals surface area contributed by atoms with Crippen LogP contribution < -0.4 is 4.74 Å². The van der Waals surface area contributed by atoms with Crippen molar-refractivity contribution in [1.29, 1.82) is 0 Å². The predicted molar refractivity (Wildman–Crippen MR) is 121 cm³/mol. The van der Waals surface area contributed by atoms with E-state index in [1.54, 1.807) is 14.0 Å². The van der Waals surface area contributed by atoms with Gasteiger partial charge in [-0.25, -0.2) is 10.0 Å². The molecule has 0 bridgehead atoms. The monoisotopic (exact) mass is 437 g/mol. The molecule has 1 N–H and O–H groups in total. The molecule has 1 aliphatic heterocycles. The fraction of sp³-hybridized carbons (Fsp3) is 0.360. The molecule has 2 aromatic carbocycles. The van der Waals surface area contributed by atoms with Gasteiger partial charge in [-0.15, -0.1) is 0 Å². The van der Waals surface area contributed by atoms with E-state index in [1.807, 2.05) is 48.5 Å². The molecule has 7 nitrogen and oxygen atoms in total. The molecule has 7 heteroatoms. The van der Waals surface area contributed by atoms with Gasteiger partial charge in [0.05, 0.1) is 31.1 Å². The number of hydrogen-bond donors (Lipinski definition) is 1. The molecule has 1 heterocycles. The summed E-state index contributed by atoms with van der Waals surface area (Å²) in [7, 11) is 1.68. The molecular formula is C25H29N2O5+. The SMILES string of the molecule is CCOC(=O)C1=C(c2ccccc2)c2ccc(OCC[N+]3(O)CCOCC3)cc2/C1=N/C. The third-order valence-corrected chi connectivity index (χ3v) is 5.85. The number of aliphatic imine (C=N–C) groups is 1. The molecule has 1 aliphatic carbocycles. The largest absolute Gasteiger partial charge is 0.488 e. The molecule has 4 rings (SSSR count). The van der Waals surface area contributed by atoms with Crippen LogP contribution in [0.4, 0.5) is 0 Å². The quantitative estimate of drug-likeness (QED) is 0.532. The average Bonchev–Trinajstić information content (AvgIpc) is 3.14. The lowest BCUT2D eigenvalue weighted by atomic mass is 9.97. The number of rotatable bonds is 7. The Morgan fingerprint density at radius 2 is 1.88 bits per heavy atom. The summed E-state index contributed by atoms with van der Waals surface area (Å²) in [6, 6.07) is 15.6. The third kappa shape index (κ3) is 4.46. The number of hydroxylamine groups is 3. The number of nitrogens with zero attached hydrogens (tertiary/aromatic N) is 2. The van der Waals surface area contributed by atoms with Crippen LogP contribution in [0.3, 0.4) is 0 Å². The van der Waals surface area contributed by atoms with Gasteiger partial charge in [0.1, 0.15) is 32.0 Å². The molecule has 168 valence electrons. The van der Waals surface area contributed by atoms with Crippen molar-refractivity contribution in [3.8, 4) is 5.75 Å². The lowest BCUT2D eigenvalue weighted by Crippen LogP contribution is -2.54. The number of benzene rings is 2. The van der Waals surface area contributed by atoms with E-state index in [9.17, 15) is 10.0 Å². The first-order valence-corrected chi connectivity index (χ1v) is 10.9. The second-order valence-corrected chi connectivity index (χ2v) is 7.84. The van der Waals surface area contributed by atoms with Gasteiger partial charge < -0.3 is 14.2 Å². The summed E-state index contributed by atoms with van der Waals surface area (Å²) in [5.74, 6) is 0.284. The van der Waals surface area contributed by atoms with Crippen LogP contribution >= 0.6 is 0 Å². The molecule has 0 amide bonds. The van der Waals surface area contributed by atoms with Gasteiger partial charge in [0.15, 0.2) is 0 Å². The van der Waals surface area contributed by atoms with E-state index in [2.05, 4.69) is 4.99 Å². The summed E-state index contributed by atoms with van der Waals surface area (Å²) in [5.41, 5.74) is 4.59. The lowest BCUT2D eigenvalue weighted by Gasteiger charge is -2.33. The Morgan fingerprint density at radius 1 is 1.12 bits per heavy atom. The smallest absolute Gasteiger partial charge is 0.340 e. The van der Waals surface area contributed by atoms with E-state index in [4.69, 9.17) is 14.2 Å². The number of fused-ring (bicyclic) bond motifs is 1. The van der Waals surface area contributed by atoms with Crippen molar-refractivity contribution in [1.82, 2.24) is 0 Å². The molecule has 0 atom stereocenters. The normalized spacial score (nSPS) is 18.5. The Bertz CT molecular complexity index is 1040. The number of ether oxygens (including phenoxy) is 3. The van der Waals surface area contributed by atoms with Gasteiger partial charge >= 0.3 is 5.97 Å². The molecule has 0 aromatic heterocycles. The topological polar surface area (TPSA) is 77.4 Å². The fourth-order valence-electron chi connectivity index (χ4n) is 4.19. The number of carbonyl (C=O) groups excluding carboxylic acids is 1. The van der Waals surface area contributed by atoms with Crippen molar-refractivity contribution in [3.05, 3.63) is 70.8 Å². The van der Waals surface area contributed by atoms with E-state index < -0.39 is 0 Å². The molecule has 0 unspecified atom stereocenters. The van der Waals surface area contributed by atoms with Crippen LogP contribution in [0.25, 0.3) is 5.57 Å². The van der Waals surface area contributed by atoms with E-state index in [0.717, 1.165) is 22.3 Å². The number of esters is 1. The highest BCUT2D eigenvalue weighted by Crippen LogP contribution is 2.40. The Morgan fingerprint density at radius 3 is 2.56 bits per heavy atom. The van der Waals surface area contributed by atoms with E-state index in [1.165, 1.54) is 0 Å². The molecule has 1 saturated heterocycles. The Labute approximate surface area is 188 Å². The minimum absolute atomic E-state index is 0.0423. The number of quaternary nitrogens is 1. The van der Waals surface area contributed by atoms with Crippen molar-refractivity contribution in [2.75, 3.05) is 53.1 Å². The number of morpholine rings is 1. The molecule has 0 spiro atoms. The molecule has 2 aromatic rings. The summed E-state index contributed by atoms with van der Waals surface area (Å²) in [4.78, 5) is 17.3. The Hall–Kier alpha value is -3.00. The van der Waals surface area contributed by atoms with E-state index in [-0.39, 0.29) is 17.2 Å². The zero-order valence-corrected chi connectivity index (χ0v) is 18.5. The summed E-state index contributed by atoms with van der Waals surface area (Å²) in [5, 5.41) is 10.6. The van der Waals surface area contributed by atoms with Gasteiger partial charge in [0, 0.05) is 18.2 Å². The minimum atomic E-state index is -0.385. The van der Waals surface area contributed by atoms with Crippen LogP contribution in [0.2, 0.25) is 0 Å². The summed E-state index contributed by atoms with van der Waals surface area (Å²) in [6.07, 6.45) is 0. The van der Waals surface area contributed by atoms with Crippen LogP contribution in [0.15, 0.2) is 59.1 Å². The highest BCUT2D eigenvalue weighted by Gasteiger charge is 2.34. The Balaban J connectivity index is 1.62. The second kappa shape index (κ2) is 9.65. The Kier molecular flexibility index (Phi) is 6.69. The first-order valence-electron chi connectivity index (χ1n) is 10.9. The predicted octanol–water partition coefficient (Wildman–Crippen LogP) is 3.10. The van der Waals surface area contributed by atoms with Crippen LogP contribution in [0.5, 0.6) is 5.75 Å². The maximum Gasteiger partial charge on any atom is 0.340 e. The van der Waals surface area contributed by atoms with E-state index >= 15 is 0 Å². The van der Waals surface area contributed by atoms with Gasteiger partial charge in [-0.2, -0.15) is 4.65 Å². The molecule has 0 radical (unpaired) electrons. The average molecular weight is 438 g/mol. The van der Waals surface area contributed by atoms with Gasteiger partial charge in [0.2, 0.25) is 0 Å². The summed E-state index contributed by atoms with van der Waals surface area (Å²) < 4.78 is 16.6. The van der Waals surface area contributed by atoms with Crippen LogP contribution in [-0.2, 0) is 14.3 Å². The highest BCUT2D eigenvalue weighted by atomic mass is 16.6. The van der Waals surface area contributed by atoms with Gasteiger partial charge in [-0.1, -0.05) is 30.3 Å². The highest BCUT2D eigenvalue weighted by molar-refractivity contribution is 6.37. The van der Waals surface area contributed by atoms with Gasteiger partial charge in [0.25, 0.3) is 0 Å². The van der Waals surface area contributed by atoms with Crippen molar-refractivity contribution < 1.29 is 28.9 Å². The molecule has 2 aliphatic rings. The first-order chi connectivity index (χ1) is 15.6. The summed E-state index contributed by atoms with van der Waals surface area (Å²) in [6.45, 7) is 5.17. The van der Waals surface area contributed by atoms with Crippen molar-refractivity contribution in [2.45, 2.75) is 6.92 Å².